The van der Waals surface area contributed by atoms with Crippen LogP contribution in [0.15, 0.2) is 12.4 Å². The molecule has 1 atom stereocenters. The highest BCUT2D eigenvalue weighted by Gasteiger charge is 2.26. The zero-order chi connectivity index (χ0) is 12.9. The molecular formula is C12H22N4O. The van der Waals surface area contributed by atoms with E-state index in [1.807, 2.05) is 20.8 Å². The van der Waals surface area contributed by atoms with Crippen molar-refractivity contribution >= 4 is 5.91 Å². The summed E-state index contributed by atoms with van der Waals surface area (Å²) in [6.07, 6.45) is 5.21. The molecular weight excluding hydrogens is 216 g/mol. The maximum absolute atomic E-state index is 11.7. The van der Waals surface area contributed by atoms with Crippen LogP contribution in [-0.4, -0.2) is 28.5 Å². The summed E-state index contributed by atoms with van der Waals surface area (Å²) in [7, 11) is 0. The molecule has 0 aliphatic heterocycles. The maximum atomic E-state index is 11.7. The number of aryl methyl sites for hydroxylation is 1. The number of hydrogen-bond donors (Lipinski definition) is 3. The average molecular weight is 238 g/mol. The minimum atomic E-state index is -0.467. The molecule has 0 aliphatic carbocycles. The third-order valence-electron chi connectivity index (χ3n) is 2.66. The van der Waals surface area contributed by atoms with E-state index in [1.54, 1.807) is 12.4 Å². The Hall–Kier alpha value is -1.36. The predicted molar refractivity (Wildman–Crippen MR) is 67.3 cm³/mol. The lowest BCUT2D eigenvalue weighted by molar-refractivity contribution is -0.124. The summed E-state index contributed by atoms with van der Waals surface area (Å²) in [4.78, 5) is 18.8. The molecule has 1 aromatic rings. The SMILES string of the molecule is CC(C)(C)C(N)C(=O)NCCCc1ncc[nH]1. The van der Waals surface area contributed by atoms with Crippen molar-refractivity contribution in [3.05, 3.63) is 18.2 Å². The minimum absolute atomic E-state index is 0.0862. The van der Waals surface area contributed by atoms with Gasteiger partial charge < -0.3 is 16.0 Å². The van der Waals surface area contributed by atoms with Crippen molar-refractivity contribution in [2.75, 3.05) is 6.54 Å². The van der Waals surface area contributed by atoms with E-state index < -0.39 is 6.04 Å². The average Bonchev–Trinajstić information content (AvgIpc) is 2.74. The van der Waals surface area contributed by atoms with Crippen LogP contribution in [0.4, 0.5) is 0 Å². The van der Waals surface area contributed by atoms with E-state index in [4.69, 9.17) is 5.73 Å². The number of aromatic amines is 1. The summed E-state index contributed by atoms with van der Waals surface area (Å²) in [5, 5.41) is 2.85. The van der Waals surface area contributed by atoms with Gasteiger partial charge in [-0.15, -0.1) is 0 Å². The Kier molecular flexibility index (Phi) is 4.69. The van der Waals surface area contributed by atoms with Gasteiger partial charge >= 0.3 is 0 Å². The van der Waals surface area contributed by atoms with Gasteiger partial charge in [-0.2, -0.15) is 0 Å². The second-order valence-corrected chi connectivity index (χ2v) is 5.27. The van der Waals surface area contributed by atoms with Crippen LogP contribution in [0.1, 0.15) is 33.0 Å². The number of amides is 1. The summed E-state index contributed by atoms with van der Waals surface area (Å²) in [5.41, 5.74) is 5.64. The first-order chi connectivity index (χ1) is 7.91. The second kappa shape index (κ2) is 5.82. The lowest BCUT2D eigenvalue weighted by Crippen LogP contribution is -2.48. The van der Waals surface area contributed by atoms with Crippen molar-refractivity contribution < 1.29 is 4.79 Å². The predicted octanol–water partition coefficient (Wildman–Crippen LogP) is 0.832. The Balaban J connectivity index is 2.20. The first kappa shape index (κ1) is 13.7. The summed E-state index contributed by atoms with van der Waals surface area (Å²) in [6, 6.07) is -0.467. The maximum Gasteiger partial charge on any atom is 0.237 e. The van der Waals surface area contributed by atoms with Gasteiger partial charge in [0.15, 0.2) is 0 Å². The van der Waals surface area contributed by atoms with Gasteiger partial charge in [-0.05, 0) is 11.8 Å². The number of rotatable bonds is 5. The van der Waals surface area contributed by atoms with E-state index in [0.717, 1.165) is 18.7 Å². The Morgan fingerprint density at radius 3 is 2.82 bits per heavy atom. The molecule has 4 N–H and O–H groups in total. The zero-order valence-corrected chi connectivity index (χ0v) is 10.8. The minimum Gasteiger partial charge on any atom is -0.355 e. The number of nitrogens with two attached hydrogens (primary N) is 1. The molecule has 96 valence electrons. The number of carbonyl (C=O) groups excluding carboxylic acids is 1. The van der Waals surface area contributed by atoms with Gasteiger partial charge in [-0.25, -0.2) is 4.98 Å². The summed E-state index contributed by atoms with van der Waals surface area (Å²) < 4.78 is 0. The van der Waals surface area contributed by atoms with Crippen LogP contribution >= 0.6 is 0 Å². The van der Waals surface area contributed by atoms with E-state index in [0.29, 0.717) is 6.54 Å². The smallest absolute Gasteiger partial charge is 0.237 e. The van der Waals surface area contributed by atoms with Gasteiger partial charge in [0.1, 0.15) is 5.82 Å². The largest absolute Gasteiger partial charge is 0.355 e. The highest BCUT2D eigenvalue weighted by Crippen LogP contribution is 2.16. The molecule has 0 saturated carbocycles. The van der Waals surface area contributed by atoms with Gasteiger partial charge in [0.25, 0.3) is 0 Å². The van der Waals surface area contributed by atoms with Crippen molar-refractivity contribution in [1.82, 2.24) is 15.3 Å². The molecule has 0 aliphatic rings. The van der Waals surface area contributed by atoms with Gasteiger partial charge in [-0.1, -0.05) is 20.8 Å². The molecule has 1 aromatic heterocycles. The van der Waals surface area contributed by atoms with E-state index in [9.17, 15) is 4.79 Å². The molecule has 17 heavy (non-hydrogen) atoms. The van der Waals surface area contributed by atoms with E-state index in [2.05, 4.69) is 15.3 Å². The van der Waals surface area contributed by atoms with Crippen LogP contribution in [-0.2, 0) is 11.2 Å². The third kappa shape index (κ3) is 4.56. The fourth-order valence-electron chi connectivity index (χ4n) is 1.41. The monoisotopic (exact) mass is 238 g/mol. The van der Waals surface area contributed by atoms with Gasteiger partial charge in [-0.3, -0.25) is 4.79 Å². The Morgan fingerprint density at radius 1 is 1.59 bits per heavy atom. The Morgan fingerprint density at radius 2 is 2.29 bits per heavy atom. The van der Waals surface area contributed by atoms with Crippen molar-refractivity contribution in [3.63, 3.8) is 0 Å². The number of hydrogen-bond acceptors (Lipinski definition) is 3. The highest BCUT2D eigenvalue weighted by atomic mass is 16.2. The third-order valence-corrected chi connectivity index (χ3v) is 2.66. The topological polar surface area (TPSA) is 83.8 Å². The standard InChI is InChI=1S/C12H22N4O/c1-12(2,3)10(13)11(17)16-6-4-5-9-14-7-8-15-9/h7-8,10H,4-6,13H2,1-3H3,(H,14,15)(H,16,17). The second-order valence-electron chi connectivity index (χ2n) is 5.27. The van der Waals surface area contributed by atoms with Gasteiger partial charge in [0.2, 0.25) is 5.91 Å². The van der Waals surface area contributed by atoms with Crippen molar-refractivity contribution in [2.45, 2.75) is 39.7 Å². The first-order valence-corrected chi connectivity index (χ1v) is 5.93. The number of H-pyrrole nitrogens is 1. The fraction of sp³-hybridized carbons (Fsp3) is 0.667. The number of nitrogens with one attached hydrogen (secondary N) is 2. The quantitative estimate of drug-likeness (QED) is 0.664. The van der Waals surface area contributed by atoms with Crippen molar-refractivity contribution in [3.8, 4) is 0 Å². The van der Waals surface area contributed by atoms with Gasteiger partial charge in [0, 0.05) is 25.4 Å². The van der Waals surface area contributed by atoms with Crippen molar-refractivity contribution in [1.29, 1.82) is 0 Å². The molecule has 5 heteroatoms. The highest BCUT2D eigenvalue weighted by molar-refractivity contribution is 5.82. The molecule has 0 radical (unpaired) electrons. The first-order valence-electron chi connectivity index (χ1n) is 5.93. The normalized spacial score (nSPS) is 13.4. The molecule has 1 rings (SSSR count). The number of aromatic nitrogens is 2. The summed E-state index contributed by atoms with van der Waals surface area (Å²) in [5.74, 6) is 0.858. The zero-order valence-electron chi connectivity index (χ0n) is 10.8. The van der Waals surface area contributed by atoms with Crippen LogP contribution in [0, 0.1) is 5.41 Å². The lowest BCUT2D eigenvalue weighted by Gasteiger charge is -2.25. The number of imidazole rings is 1. The molecule has 0 saturated heterocycles. The molecule has 0 bridgehead atoms. The molecule has 5 nitrogen and oxygen atoms in total. The van der Waals surface area contributed by atoms with Crippen LogP contribution in [0.3, 0.4) is 0 Å². The van der Waals surface area contributed by atoms with Crippen LogP contribution in [0.2, 0.25) is 0 Å². The Labute approximate surface area is 102 Å². The Bertz CT molecular complexity index is 340. The summed E-state index contributed by atoms with van der Waals surface area (Å²) >= 11 is 0. The van der Waals surface area contributed by atoms with E-state index in [-0.39, 0.29) is 11.3 Å². The fourth-order valence-corrected chi connectivity index (χ4v) is 1.41. The lowest BCUT2D eigenvalue weighted by atomic mass is 9.87. The summed E-state index contributed by atoms with van der Waals surface area (Å²) in [6.45, 7) is 6.50. The van der Waals surface area contributed by atoms with Crippen LogP contribution in [0.25, 0.3) is 0 Å². The molecule has 1 unspecified atom stereocenters. The molecule has 1 amide bonds. The van der Waals surface area contributed by atoms with Crippen molar-refractivity contribution in [2.24, 2.45) is 11.1 Å². The molecule has 0 fully saturated rings. The molecule has 1 heterocycles. The number of nitrogens with zero attached hydrogens (tertiary/aromatic N) is 1. The van der Waals surface area contributed by atoms with Crippen LogP contribution < -0.4 is 11.1 Å². The van der Waals surface area contributed by atoms with E-state index >= 15 is 0 Å². The van der Waals surface area contributed by atoms with E-state index in [1.165, 1.54) is 0 Å². The van der Waals surface area contributed by atoms with Crippen LogP contribution in [0.5, 0.6) is 0 Å². The molecule has 0 aromatic carbocycles. The van der Waals surface area contributed by atoms with Gasteiger partial charge in [0.05, 0.1) is 6.04 Å². The molecule has 0 spiro atoms. The number of carbonyl (C=O) groups is 1.